The maximum Gasteiger partial charge on any atom is 0.313 e. The van der Waals surface area contributed by atoms with Crippen molar-refractivity contribution in [2.45, 2.75) is 38.3 Å². The number of amides is 1. The number of carbonyl (C=O) groups excluding carboxylic acids is 1. The summed E-state index contributed by atoms with van der Waals surface area (Å²) >= 11 is 1.15. The highest BCUT2D eigenvalue weighted by Crippen LogP contribution is 2.25. The van der Waals surface area contributed by atoms with Crippen molar-refractivity contribution >= 4 is 23.6 Å². The third-order valence-corrected chi connectivity index (χ3v) is 4.35. The molecule has 0 aromatic carbocycles. The maximum atomic E-state index is 12.3. The summed E-state index contributed by atoms with van der Waals surface area (Å²) in [6, 6.07) is 3.93. The number of carboxylic acid groups (broad SMARTS) is 1. The van der Waals surface area contributed by atoms with Crippen LogP contribution >= 0.6 is 11.8 Å². The smallest absolute Gasteiger partial charge is 0.313 e. The lowest BCUT2D eigenvalue weighted by Crippen LogP contribution is -2.39. The molecule has 6 heteroatoms. The number of carbonyl (C=O) groups is 2. The highest BCUT2D eigenvalue weighted by molar-refractivity contribution is 8.00. The van der Waals surface area contributed by atoms with Gasteiger partial charge in [-0.2, -0.15) is 0 Å². The van der Waals surface area contributed by atoms with E-state index in [0.29, 0.717) is 6.54 Å². The normalized spacial score (nSPS) is 15.4. The van der Waals surface area contributed by atoms with Crippen molar-refractivity contribution in [1.29, 1.82) is 0 Å². The number of hydrogen-bond acceptors (Lipinski definition) is 4. The molecule has 1 aromatic heterocycles. The fraction of sp³-hybridized carbons (Fsp3) is 0.571. The number of hydrogen-bond donors (Lipinski definition) is 1. The van der Waals surface area contributed by atoms with Gasteiger partial charge in [-0.1, -0.05) is 12.8 Å². The average molecular weight is 297 g/mol. The first-order valence-electron chi connectivity index (χ1n) is 6.78. The van der Waals surface area contributed by atoms with Crippen molar-refractivity contribution in [2.24, 2.45) is 0 Å². The molecule has 5 nitrogen and oxygen atoms in total. The Balaban J connectivity index is 1.94. The van der Waals surface area contributed by atoms with Crippen molar-refractivity contribution in [3.63, 3.8) is 0 Å². The van der Waals surface area contributed by atoms with Gasteiger partial charge in [0.2, 0.25) is 5.91 Å². The molecule has 0 bridgehead atoms. The first-order chi connectivity index (χ1) is 9.66. The van der Waals surface area contributed by atoms with Gasteiger partial charge in [0.15, 0.2) is 0 Å². The van der Waals surface area contributed by atoms with Gasteiger partial charge in [0.1, 0.15) is 5.76 Å². The largest absolute Gasteiger partial charge is 0.481 e. The Hall–Kier alpha value is -1.43. The molecule has 0 unspecified atom stereocenters. The lowest BCUT2D eigenvalue weighted by molar-refractivity contribution is -0.133. The second kappa shape index (κ2) is 7.38. The van der Waals surface area contributed by atoms with Crippen LogP contribution in [0.4, 0.5) is 0 Å². The van der Waals surface area contributed by atoms with E-state index in [9.17, 15) is 9.59 Å². The van der Waals surface area contributed by atoms with Gasteiger partial charge in [-0.3, -0.25) is 9.59 Å². The summed E-state index contributed by atoms with van der Waals surface area (Å²) in [6.45, 7) is 0.476. The maximum absolute atomic E-state index is 12.3. The summed E-state index contributed by atoms with van der Waals surface area (Å²) in [7, 11) is 0. The summed E-state index contributed by atoms with van der Waals surface area (Å²) in [5, 5.41) is 8.62. The molecule has 0 radical (unpaired) electrons. The van der Waals surface area contributed by atoms with Gasteiger partial charge < -0.3 is 14.4 Å². The molecule has 20 heavy (non-hydrogen) atoms. The van der Waals surface area contributed by atoms with E-state index in [0.717, 1.165) is 43.2 Å². The molecule has 0 atom stereocenters. The minimum atomic E-state index is -0.888. The van der Waals surface area contributed by atoms with Crippen LogP contribution in [-0.4, -0.2) is 39.4 Å². The topological polar surface area (TPSA) is 70.8 Å². The van der Waals surface area contributed by atoms with Gasteiger partial charge in [0.25, 0.3) is 0 Å². The van der Waals surface area contributed by atoms with Crippen molar-refractivity contribution in [3.05, 3.63) is 24.2 Å². The van der Waals surface area contributed by atoms with Crippen molar-refractivity contribution in [2.75, 3.05) is 11.5 Å². The average Bonchev–Trinajstić information content (AvgIpc) is 3.08. The predicted octanol–water partition coefficient (Wildman–Crippen LogP) is 2.37. The van der Waals surface area contributed by atoms with Gasteiger partial charge in [-0.05, 0) is 25.0 Å². The number of carboxylic acids is 1. The molecule has 110 valence electrons. The molecule has 0 aliphatic heterocycles. The minimum absolute atomic E-state index is 0.000417. The van der Waals surface area contributed by atoms with Crippen LogP contribution in [0.2, 0.25) is 0 Å². The van der Waals surface area contributed by atoms with Crippen LogP contribution in [0.5, 0.6) is 0 Å². The number of nitrogens with zero attached hydrogens (tertiary/aromatic N) is 1. The molecule has 1 fully saturated rings. The van der Waals surface area contributed by atoms with Crippen molar-refractivity contribution in [3.8, 4) is 0 Å². The van der Waals surface area contributed by atoms with Gasteiger partial charge in [-0.25, -0.2) is 0 Å². The fourth-order valence-electron chi connectivity index (χ4n) is 2.52. The lowest BCUT2D eigenvalue weighted by atomic mass is 10.2. The monoisotopic (exact) mass is 297 g/mol. The number of thioether (sulfide) groups is 1. The molecule has 1 saturated carbocycles. The van der Waals surface area contributed by atoms with E-state index in [1.54, 1.807) is 6.26 Å². The van der Waals surface area contributed by atoms with Gasteiger partial charge in [0.05, 0.1) is 24.3 Å². The SMILES string of the molecule is O=C(O)CSCC(=O)N(Cc1ccco1)C1CCCC1. The van der Waals surface area contributed by atoms with Crippen LogP contribution in [-0.2, 0) is 16.1 Å². The molecule has 1 aliphatic rings. The second-order valence-electron chi connectivity index (χ2n) is 4.93. The summed E-state index contributed by atoms with van der Waals surface area (Å²) < 4.78 is 5.32. The molecular formula is C14H19NO4S. The Labute approximate surface area is 122 Å². The quantitative estimate of drug-likeness (QED) is 0.836. The second-order valence-corrected chi connectivity index (χ2v) is 5.91. The van der Waals surface area contributed by atoms with E-state index in [-0.39, 0.29) is 23.5 Å². The third kappa shape index (κ3) is 4.30. The van der Waals surface area contributed by atoms with Crippen LogP contribution in [0.25, 0.3) is 0 Å². The number of furan rings is 1. The van der Waals surface area contributed by atoms with E-state index in [1.165, 1.54) is 0 Å². The van der Waals surface area contributed by atoms with Crippen LogP contribution in [0.15, 0.2) is 22.8 Å². The highest BCUT2D eigenvalue weighted by Gasteiger charge is 2.27. The van der Waals surface area contributed by atoms with Crippen LogP contribution in [0.1, 0.15) is 31.4 Å². The van der Waals surface area contributed by atoms with Crippen molar-refractivity contribution < 1.29 is 19.1 Å². The number of aliphatic carboxylic acids is 1. The molecule has 1 amide bonds. The standard InChI is InChI=1S/C14H19NO4S/c16-13(9-20-10-14(17)18)15(11-4-1-2-5-11)8-12-6-3-7-19-12/h3,6-7,11H,1-2,4-5,8-10H2,(H,17,18). The van der Waals surface area contributed by atoms with E-state index in [2.05, 4.69) is 0 Å². The van der Waals surface area contributed by atoms with Crippen molar-refractivity contribution in [1.82, 2.24) is 4.90 Å². The van der Waals surface area contributed by atoms with E-state index in [4.69, 9.17) is 9.52 Å². The summed E-state index contributed by atoms with van der Waals surface area (Å²) in [4.78, 5) is 24.7. The zero-order chi connectivity index (χ0) is 14.4. The zero-order valence-electron chi connectivity index (χ0n) is 11.3. The lowest BCUT2D eigenvalue weighted by Gasteiger charge is -2.28. The van der Waals surface area contributed by atoms with Gasteiger partial charge in [-0.15, -0.1) is 11.8 Å². The van der Waals surface area contributed by atoms with Gasteiger partial charge in [0, 0.05) is 6.04 Å². The Morgan fingerprint density at radius 2 is 2.10 bits per heavy atom. The van der Waals surface area contributed by atoms with E-state index in [1.807, 2.05) is 17.0 Å². The molecule has 1 N–H and O–H groups in total. The molecule has 1 aliphatic carbocycles. The first kappa shape index (κ1) is 15.0. The molecule has 0 saturated heterocycles. The van der Waals surface area contributed by atoms with Crippen LogP contribution < -0.4 is 0 Å². The zero-order valence-corrected chi connectivity index (χ0v) is 12.1. The first-order valence-corrected chi connectivity index (χ1v) is 7.93. The van der Waals surface area contributed by atoms with E-state index >= 15 is 0 Å². The molecule has 1 aromatic rings. The Bertz CT molecular complexity index is 440. The molecular weight excluding hydrogens is 278 g/mol. The molecule has 1 heterocycles. The fourth-order valence-corrected chi connectivity index (χ4v) is 3.13. The summed E-state index contributed by atoms with van der Waals surface area (Å²) in [5.74, 6) is 0.0587. The molecule has 0 spiro atoms. The summed E-state index contributed by atoms with van der Waals surface area (Å²) in [5.41, 5.74) is 0. The third-order valence-electron chi connectivity index (χ3n) is 3.44. The van der Waals surface area contributed by atoms with Crippen LogP contribution in [0.3, 0.4) is 0 Å². The van der Waals surface area contributed by atoms with Crippen LogP contribution in [0, 0.1) is 0 Å². The molecule has 2 rings (SSSR count). The predicted molar refractivity (Wildman–Crippen MR) is 76.5 cm³/mol. The number of rotatable bonds is 7. The Kier molecular flexibility index (Phi) is 5.52. The highest BCUT2D eigenvalue weighted by atomic mass is 32.2. The Morgan fingerprint density at radius 3 is 2.70 bits per heavy atom. The Morgan fingerprint density at radius 1 is 1.35 bits per heavy atom. The summed E-state index contributed by atoms with van der Waals surface area (Å²) in [6.07, 6.45) is 5.95. The van der Waals surface area contributed by atoms with Gasteiger partial charge >= 0.3 is 5.97 Å². The minimum Gasteiger partial charge on any atom is -0.481 e. The van der Waals surface area contributed by atoms with E-state index < -0.39 is 5.97 Å².